The fourth-order valence-corrected chi connectivity index (χ4v) is 3.64. The van der Waals surface area contributed by atoms with Gasteiger partial charge in [0, 0.05) is 25.6 Å². The van der Waals surface area contributed by atoms with Gasteiger partial charge in [-0.25, -0.2) is 0 Å². The van der Waals surface area contributed by atoms with Gasteiger partial charge in [0.15, 0.2) is 0 Å². The molecule has 0 radical (unpaired) electrons. The SMILES string of the molecule is Cc1ccc(CCC(=O)N2CCCC(N(C)CC(=O)O)CC2)c(C)c1. The maximum Gasteiger partial charge on any atom is 0.317 e. The number of likely N-dealkylation sites (N-methyl/N-ethyl adjacent to an activating group) is 1. The minimum absolute atomic E-state index is 0.0608. The van der Waals surface area contributed by atoms with Crippen molar-refractivity contribution < 1.29 is 14.7 Å². The summed E-state index contributed by atoms with van der Waals surface area (Å²) in [7, 11) is 1.86. The summed E-state index contributed by atoms with van der Waals surface area (Å²) in [6.07, 6.45) is 4.05. The zero-order valence-corrected chi connectivity index (χ0v) is 15.6. The summed E-state index contributed by atoms with van der Waals surface area (Å²) >= 11 is 0. The van der Waals surface area contributed by atoms with Crippen LogP contribution in [-0.4, -0.2) is 59.5 Å². The Hall–Kier alpha value is -1.88. The number of hydrogen-bond donors (Lipinski definition) is 1. The van der Waals surface area contributed by atoms with E-state index in [9.17, 15) is 9.59 Å². The van der Waals surface area contributed by atoms with Gasteiger partial charge in [-0.15, -0.1) is 0 Å². The molecule has 5 heteroatoms. The maximum absolute atomic E-state index is 12.6. The summed E-state index contributed by atoms with van der Waals surface area (Å²) in [5.74, 6) is -0.588. The van der Waals surface area contributed by atoms with Crippen molar-refractivity contribution in [2.24, 2.45) is 0 Å². The predicted octanol–water partition coefficient (Wildman–Crippen LogP) is 2.63. The van der Waals surface area contributed by atoms with Crippen molar-refractivity contribution in [2.45, 2.75) is 52.0 Å². The Kier molecular flexibility index (Phi) is 7.00. The van der Waals surface area contributed by atoms with Gasteiger partial charge in [0.05, 0.1) is 6.54 Å². The first-order valence-corrected chi connectivity index (χ1v) is 9.12. The molecule has 1 saturated heterocycles. The first-order chi connectivity index (χ1) is 11.9. The molecular formula is C20H30N2O3. The first-order valence-electron chi connectivity index (χ1n) is 9.12. The van der Waals surface area contributed by atoms with Crippen LogP contribution in [0.15, 0.2) is 18.2 Å². The molecule has 1 aromatic rings. The number of carboxylic acids is 1. The second-order valence-electron chi connectivity index (χ2n) is 7.20. The highest BCUT2D eigenvalue weighted by Crippen LogP contribution is 2.18. The van der Waals surface area contributed by atoms with Crippen LogP contribution in [0.1, 0.15) is 42.4 Å². The highest BCUT2D eigenvalue weighted by Gasteiger charge is 2.23. The van der Waals surface area contributed by atoms with Crippen molar-refractivity contribution in [3.05, 3.63) is 34.9 Å². The van der Waals surface area contributed by atoms with E-state index < -0.39 is 5.97 Å². The Morgan fingerprint density at radius 3 is 2.68 bits per heavy atom. The summed E-state index contributed by atoms with van der Waals surface area (Å²) in [5, 5.41) is 8.94. The van der Waals surface area contributed by atoms with Crippen molar-refractivity contribution >= 4 is 11.9 Å². The normalized spacial score (nSPS) is 18.2. The molecule has 1 N–H and O–H groups in total. The van der Waals surface area contributed by atoms with Gasteiger partial charge in [-0.1, -0.05) is 23.8 Å². The van der Waals surface area contributed by atoms with Gasteiger partial charge >= 0.3 is 5.97 Å². The zero-order valence-electron chi connectivity index (χ0n) is 15.6. The predicted molar refractivity (Wildman–Crippen MR) is 98.7 cm³/mol. The first kappa shape index (κ1) is 19.4. The molecule has 1 aliphatic heterocycles. The van der Waals surface area contributed by atoms with E-state index >= 15 is 0 Å². The van der Waals surface area contributed by atoms with Crippen molar-refractivity contribution in [3.8, 4) is 0 Å². The third kappa shape index (κ3) is 5.85. The minimum atomic E-state index is -0.798. The van der Waals surface area contributed by atoms with Crippen LogP contribution < -0.4 is 0 Å². The van der Waals surface area contributed by atoms with Crippen LogP contribution in [0.5, 0.6) is 0 Å². The van der Waals surface area contributed by atoms with E-state index in [0.717, 1.165) is 38.8 Å². The Morgan fingerprint density at radius 2 is 2.00 bits per heavy atom. The average molecular weight is 346 g/mol. The van der Waals surface area contributed by atoms with E-state index in [1.54, 1.807) is 0 Å². The van der Waals surface area contributed by atoms with E-state index in [4.69, 9.17) is 5.11 Å². The van der Waals surface area contributed by atoms with Crippen LogP contribution in [0.2, 0.25) is 0 Å². The standard InChI is InChI=1S/C20H30N2O3/c1-15-6-7-17(16(2)13-15)8-9-19(23)22-11-4-5-18(10-12-22)21(3)14-20(24)25/h6-7,13,18H,4-5,8-12,14H2,1-3H3,(H,24,25). The molecule has 1 heterocycles. The molecule has 25 heavy (non-hydrogen) atoms. The Balaban J connectivity index is 1.85. The summed E-state index contributed by atoms with van der Waals surface area (Å²) in [6.45, 7) is 5.74. The Morgan fingerprint density at radius 1 is 1.24 bits per heavy atom. The molecule has 0 saturated carbocycles. The van der Waals surface area contributed by atoms with E-state index in [2.05, 4.69) is 32.0 Å². The van der Waals surface area contributed by atoms with Gasteiger partial charge in [0.1, 0.15) is 0 Å². The van der Waals surface area contributed by atoms with Crippen molar-refractivity contribution in [1.29, 1.82) is 0 Å². The van der Waals surface area contributed by atoms with Gasteiger partial charge in [-0.3, -0.25) is 14.5 Å². The molecule has 1 aliphatic rings. The molecule has 1 amide bonds. The Labute approximate surface area is 150 Å². The van der Waals surface area contributed by atoms with Crippen LogP contribution in [0.3, 0.4) is 0 Å². The highest BCUT2D eigenvalue weighted by molar-refractivity contribution is 5.76. The van der Waals surface area contributed by atoms with E-state index in [1.807, 2.05) is 16.8 Å². The lowest BCUT2D eigenvalue weighted by Gasteiger charge is -2.25. The number of aliphatic carboxylic acids is 1. The molecule has 1 fully saturated rings. The second kappa shape index (κ2) is 8.99. The number of carbonyl (C=O) groups is 2. The Bertz CT molecular complexity index is 615. The van der Waals surface area contributed by atoms with Gasteiger partial charge in [-0.05, 0) is 57.7 Å². The second-order valence-corrected chi connectivity index (χ2v) is 7.20. The number of aryl methyl sites for hydroxylation is 3. The summed E-state index contributed by atoms with van der Waals surface area (Å²) in [5.41, 5.74) is 3.74. The lowest BCUT2D eigenvalue weighted by atomic mass is 10.0. The summed E-state index contributed by atoms with van der Waals surface area (Å²) in [4.78, 5) is 27.3. The zero-order chi connectivity index (χ0) is 18.4. The molecule has 5 nitrogen and oxygen atoms in total. The fraction of sp³-hybridized carbons (Fsp3) is 0.600. The molecule has 0 spiro atoms. The van der Waals surface area contributed by atoms with E-state index in [-0.39, 0.29) is 18.5 Å². The third-order valence-electron chi connectivity index (χ3n) is 5.16. The number of hydrogen-bond acceptors (Lipinski definition) is 3. The molecule has 1 aromatic carbocycles. The lowest BCUT2D eigenvalue weighted by Crippen LogP contribution is -2.37. The number of likely N-dealkylation sites (tertiary alicyclic amines) is 1. The van der Waals surface area contributed by atoms with E-state index in [0.29, 0.717) is 6.42 Å². The fourth-order valence-electron chi connectivity index (χ4n) is 3.64. The quantitative estimate of drug-likeness (QED) is 0.860. The molecule has 1 atom stereocenters. The molecular weight excluding hydrogens is 316 g/mol. The molecule has 0 aromatic heterocycles. The largest absolute Gasteiger partial charge is 0.480 e. The van der Waals surface area contributed by atoms with Gasteiger partial charge in [-0.2, -0.15) is 0 Å². The molecule has 0 aliphatic carbocycles. The maximum atomic E-state index is 12.6. The van der Waals surface area contributed by atoms with Gasteiger partial charge in [0.25, 0.3) is 0 Å². The average Bonchev–Trinajstić information content (AvgIpc) is 2.79. The molecule has 0 bridgehead atoms. The van der Waals surface area contributed by atoms with Crippen LogP contribution >= 0.6 is 0 Å². The summed E-state index contributed by atoms with van der Waals surface area (Å²) < 4.78 is 0. The smallest absolute Gasteiger partial charge is 0.317 e. The summed E-state index contributed by atoms with van der Waals surface area (Å²) in [6, 6.07) is 6.63. The lowest BCUT2D eigenvalue weighted by molar-refractivity contribution is -0.138. The highest BCUT2D eigenvalue weighted by atomic mass is 16.4. The number of nitrogens with zero attached hydrogens (tertiary/aromatic N) is 2. The monoisotopic (exact) mass is 346 g/mol. The minimum Gasteiger partial charge on any atom is -0.480 e. The molecule has 1 unspecified atom stereocenters. The van der Waals surface area contributed by atoms with Crippen LogP contribution in [0.25, 0.3) is 0 Å². The number of carbonyl (C=O) groups excluding carboxylic acids is 1. The van der Waals surface area contributed by atoms with Crippen LogP contribution in [0.4, 0.5) is 0 Å². The number of carboxylic acid groups (broad SMARTS) is 1. The van der Waals surface area contributed by atoms with E-state index in [1.165, 1.54) is 16.7 Å². The molecule has 138 valence electrons. The van der Waals surface area contributed by atoms with Crippen molar-refractivity contribution in [1.82, 2.24) is 9.80 Å². The van der Waals surface area contributed by atoms with Crippen LogP contribution in [0, 0.1) is 13.8 Å². The van der Waals surface area contributed by atoms with Crippen LogP contribution in [-0.2, 0) is 16.0 Å². The van der Waals surface area contributed by atoms with Gasteiger partial charge < -0.3 is 10.0 Å². The number of rotatable bonds is 6. The van der Waals surface area contributed by atoms with Crippen molar-refractivity contribution in [3.63, 3.8) is 0 Å². The number of benzene rings is 1. The molecule has 2 rings (SSSR count). The third-order valence-corrected chi connectivity index (χ3v) is 5.16. The topological polar surface area (TPSA) is 60.9 Å². The number of amides is 1. The van der Waals surface area contributed by atoms with Gasteiger partial charge in [0.2, 0.25) is 5.91 Å². The van der Waals surface area contributed by atoms with Crippen molar-refractivity contribution in [2.75, 3.05) is 26.7 Å².